The van der Waals surface area contributed by atoms with Gasteiger partial charge in [0.15, 0.2) is 0 Å². The number of carbonyl (C=O) groups is 2. The Morgan fingerprint density at radius 2 is 1.83 bits per heavy atom. The average Bonchev–Trinajstić information content (AvgIpc) is 3.61. The van der Waals surface area contributed by atoms with Crippen LogP contribution >= 0.6 is 0 Å². The Morgan fingerprint density at radius 1 is 1.03 bits per heavy atom. The molecule has 2 saturated heterocycles. The van der Waals surface area contributed by atoms with Crippen molar-refractivity contribution in [2.24, 2.45) is 11.8 Å². The lowest BCUT2D eigenvalue weighted by Crippen LogP contribution is -2.49. The van der Waals surface area contributed by atoms with E-state index in [9.17, 15) is 9.59 Å². The lowest BCUT2D eigenvalue weighted by atomic mass is 10.00. The van der Waals surface area contributed by atoms with Crippen LogP contribution in [0.5, 0.6) is 0 Å². The van der Waals surface area contributed by atoms with Crippen molar-refractivity contribution in [3.63, 3.8) is 0 Å². The first-order chi connectivity index (χ1) is 14.2. The van der Waals surface area contributed by atoms with Crippen LogP contribution in [0, 0.1) is 11.8 Å². The molecule has 1 aromatic rings. The normalized spacial score (nSPS) is 26.5. The van der Waals surface area contributed by atoms with Gasteiger partial charge in [-0.15, -0.1) is 0 Å². The minimum atomic E-state index is -0.0580. The highest BCUT2D eigenvalue weighted by molar-refractivity contribution is 5.81. The Labute approximate surface area is 172 Å². The van der Waals surface area contributed by atoms with Gasteiger partial charge in [-0.1, -0.05) is 6.07 Å². The molecular formula is C22H32N4O3. The molecule has 4 rings (SSSR count). The van der Waals surface area contributed by atoms with Gasteiger partial charge in [0.1, 0.15) is 0 Å². The van der Waals surface area contributed by atoms with E-state index in [0.29, 0.717) is 12.6 Å². The molecule has 29 heavy (non-hydrogen) atoms. The van der Waals surface area contributed by atoms with Crippen molar-refractivity contribution >= 4 is 11.8 Å². The smallest absolute Gasteiger partial charge is 0.224 e. The number of aromatic nitrogens is 1. The molecule has 2 N–H and O–H groups in total. The number of amides is 2. The number of hydrogen-bond donors (Lipinski definition) is 2. The van der Waals surface area contributed by atoms with Crippen molar-refractivity contribution in [3.8, 4) is 0 Å². The van der Waals surface area contributed by atoms with E-state index in [1.807, 2.05) is 12.1 Å². The summed E-state index contributed by atoms with van der Waals surface area (Å²) in [5.41, 5.74) is 1.00. The summed E-state index contributed by atoms with van der Waals surface area (Å²) in [6.45, 7) is 3.63. The van der Waals surface area contributed by atoms with Crippen LogP contribution in [0.1, 0.15) is 44.1 Å². The molecule has 3 fully saturated rings. The molecule has 0 radical (unpaired) electrons. The van der Waals surface area contributed by atoms with Crippen LogP contribution in [0.3, 0.4) is 0 Å². The molecule has 1 aromatic heterocycles. The topological polar surface area (TPSA) is 83.6 Å². The summed E-state index contributed by atoms with van der Waals surface area (Å²) >= 11 is 0. The Kier molecular flexibility index (Phi) is 6.77. The van der Waals surface area contributed by atoms with Gasteiger partial charge < -0.3 is 15.4 Å². The van der Waals surface area contributed by atoms with Gasteiger partial charge in [0.25, 0.3) is 0 Å². The van der Waals surface area contributed by atoms with Gasteiger partial charge in [-0.3, -0.25) is 19.5 Å². The Hall–Kier alpha value is -1.99. The van der Waals surface area contributed by atoms with E-state index in [0.717, 1.165) is 70.4 Å². The van der Waals surface area contributed by atoms with Crippen LogP contribution in [0.25, 0.3) is 0 Å². The number of hydrogen-bond acceptors (Lipinski definition) is 5. The first-order valence-corrected chi connectivity index (χ1v) is 11.0. The number of carbonyl (C=O) groups excluding carboxylic acids is 2. The van der Waals surface area contributed by atoms with Gasteiger partial charge in [-0.05, 0) is 50.2 Å². The summed E-state index contributed by atoms with van der Waals surface area (Å²) in [5, 5.41) is 6.34. The predicted octanol–water partition coefficient (Wildman–Crippen LogP) is 1.48. The Bertz CT molecular complexity index is 689. The number of likely N-dealkylation sites (tertiary alicyclic amines) is 1. The van der Waals surface area contributed by atoms with Crippen molar-refractivity contribution in [3.05, 3.63) is 30.1 Å². The molecule has 3 heterocycles. The van der Waals surface area contributed by atoms with Crippen LogP contribution in [-0.4, -0.2) is 60.1 Å². The third kappa shape index (κ3) is 5.76. The first-order valence-electron chi connectivity index (χ1n) is 11.0. The molecule has 7 heteroatoms. The van der Waals surface area contributed by atoms with E-state index in [-0.39, 0.29) is 29.7 Å². The highest BCUT2D eigenvalue weighted by atomic mass is 16.5. The van der Waals surface area contributed by atoms with Crippen molar-refractivity contribution < 1.29 is 14.3 Å². The average molecular weight is 401 g/mol. The van der Waals surface area contributed by atoms with Gasteiger partial charge in [0, 0.05) is 63.2 Å². The highest BCUT2D eigenvalue weighted by Gasteiger charge is 2.35. The van der Waals surface area contributed by atoms with Crippen molar-refractivity contribution in [2.75, 3.05) is 26.3 Å². The number of pyridine rings is 1. The second-order valence-corrected chi connectivity index (χ2v) is 8.63. The molecule has 2 amide bonds. The molecule has 1 saturated carbocycles. The quantitative estimate of drug-likeness (QED) is 0.756. The fourth-order valence-corrected chi connectivity index (χ4v) is 4.41. The molecule has 0 unspecified atom stereocenters. The molecule has 0 aromatic carbocycles. The number of ether oxygens (including phenoxy) is 1. The molecule has 158 valence electrons. The summed E-state index contributed by atoms with van der Waals surface area (Å²) in [5.74, 6) is 0.451. The SMILES string of the molecule is O=C(N[C@H]1CC[C@@H](C(=O)NCc2cccnc2)CN(C2CCOCC2)C1)C1CC1. The molecule has 2 atom stereocenters. The third-order valence-electron chi connectivity index (χ3n) is 6.34. The van der Waals surface area contributed by atoms with Crippen LogP contribution in [0.4, 0.5) is 0 Å². The van der Waals surface area contributed by atoms with Gasteiger partial charge in [-0.2, -0.15) is 0 Å². The molecule has 0 bridgehead atoms. The molecule has 2 aliphatic heterocycles. The lowest BCUT2D eigenvalue weighted by molar-refractivity contribution is -0.126. The second kappa shape index (κ2) is 9.67. The predicted molar refractivity (Wildman–Crippen MR) is 109 cm³/mol. The van der Waals surface area contributed by atoms with Gasteiger partial charge >= 0.3 is 0 Å². The summed E-state index contributed by atoms with van der Waals surface area (Å²) in [7, 11) is 0. The van der Waals surface area contributed by atoms with Gasteiger partial charge in [-0.25, -0.2) is 0 Å². The lowest BCUT2D eigenvalue weighted by Gasteiger charge is -2.36. The van der Waals surface area contributed by atoms with Gasteiger partial charge in [0.05, 0.1) is 5.92 Å². The standard InChI is InChI=1S/C22H32N4O3/c27-21(24-13-16-2-1-9-23-12-16)18-5-6-19(25-22(28)17-3-4-17)15-26(14-18)20-7-10-29-11-8-20/h1-2,9,12,17-20H,3-8,10-11,13-15H2,(H,24,27)(H,25,28)/t18-,19+/m1/s1. The minimum Gasteiger partial charge on any atom is -0.381 e. The number of nitrogens with one attached hydrogen (secondary N) is 2. The maximum atomic E-state index is 12.9. The van der Waals surface area contributed by atoms with Crippen LogP contribution in [-0.2, 0) is 20.9 Å². The molecule has 7 nitrogen and oxygen atoms in total. The van der Waals surface area contributed by atoms with Crippen molar-refractivity contribution in [2.45, 2.75) is 57.2 Å². The summed E-state index contributed by atoms with van der Waals surface area (Å²) in [6.07, 6.45) is 9.19. The zero-order valence-electron chi connectivity index (χ0n) is 17.0. The summed E-state index contributed by atoms with van der Waals surface area (Å²) in [4.78, 5) is 31.8. The van der Waals surface area contributed by atoms with E-state index in [1.54, 1.807) is 12.4 Å². The minimum absolute atomic E-state index is 0.0580. The maximum absolute atomic E-state index is 12.9. The zero-order valence-corrected chi connectivity index (χ0v) is 17.0. The van der Waals surface area contributed by atoms with Crippen molar-refractivity contribution in [1.29, 1.82) is 0 Å². The largest absolute Gasteiger partial charge is 0.381 e. The molecule has 0 spiro atoms. The van der Waals surface area contributed by atoms with E-state index in [2.05, 4.69) is 20.5 Å². The molecule has 3 aliphatic rings. The summed E-state index contributed by atoms with van der Waals surface area (Å²) < 4.78 is 5.53. The fraction of sp³-hybridized carbons (Fsp3) is 0.682. The van der Waals surface area contributed by atoms with Crippen LogP contribution in [0.2, 0.25) is 0 Å². The zero-order chi connectivity index (χ0) is 20.1. The Balaban J connectivity index is 1.38. The Morgan fingerprint density at radius 3 is 2.55 bits per heavy atom. The number of rotatable bonds is 6. The van der Waals surface area contributed by atoms with E-state index < -0.39 is 0 Å². The van der Waals surface area contributed by atoms with E-state index in [4.69, 9.17) is 4.74 Å². The second-order valence-electron chi connectivity index (χ2n) is 8.63. The van der Waals surface area contributed by atoms with Crippen LogP contribution < -0.4 is 10.6 Å². The maximum Gasteiger partial charge on any atom is 0.224 e. The molecule has 1 aliphatic carbocycles. The molecular weight excluding hydrogens is 368 g/mol. The fourth-order valence-electron chi connectivity index (χ4n) is 4.41. The third-order valence-corrected chi connectivity index (χ3v) is 6.34. The van der Waals surface area contributed by atoms with Crippen molar-refractivity contribution in [1.82, 2.24) is 20.5 Å². The summed E-state index contributed by atoms with van der Waals surface area (Å²) in [6, 6.07) is 4.41. The van der Waals surface area contributed by atoms with E-state index >= 15 is 0 Å². The first kappa shape index (κ1) is 20.3. The van der Waals surface area contributed by atoms with Crippen LogP contribution in [0.15, 0.2) is 24.5 Å². The highest BCUT2D eigenvalue weighted by Crippen LogP contribution is 2.30. The monoisotopic (exact) mass is 400 g/mol. The van der Waals surface area contributed by atoms with E-state index in [1.165, 1.54) is 0 Å². The van der Waals surface area contributed by atoms with Gasteiger partial charge in [0.2, 0.25) is 11.8 Å². The number of nitrogens with zero attached hydrogens (tertiary/aromatic N) is 2.